The number of hydrogen-bond acceptors (Lipinski definition) is 6. The fourth-order valence-electron chi connectivity index (χ4n) is 2.64. The minimum absolute atomic E-state index is 0.406. The first-order valence-corrected chi connectivity index (χ1v) is 8.66. The first kappa shape index (κ1) is 17.9. The molecule has 0 atom stereocenters. The lowest BCUT2D eigenvalue weighted by molar-refractivity contribution is 0.0528. The van der Waals surface area contributed by atoms with Gasteiger partial charge in [-0.05, 0) is 46.2 Å². The van der Waals surface area contributed by atoms with Crippen LogP contribution in [0.15, 0.2) is 24.3 Å². The van der Waals surface area contributed by atoms with Crippen molar-refractivity contribution in [1.82, 2.24) is 24.9 Å². The van der Waals surface area contributed by atoms with Crippen molar-refractivity contribution in [3.8, 4) is 0 Å². The average molecular weight is 356 g/mol. The van der Waals surface area contributed by atoms with Gasteiger partial charge in [0.05, 0.1) is 11.0 Å². The van der Waals surface area contributed by atoms with Crippen LogP contribution in [0, 0.1) is 6.92 Å². The molecule has 1 aromatic carbocycles. The molecule has 0 radical (unpaired) electrons. The molecule has 0 fully saturated rings. The molecule has 0 aliphatic rings. The van der Waals surface area contributed by atoms with E-state index >= 15 is 0 Å². The number of fused-ring (bicyclic) bond motifs is 3. The molecule has 26 heavy (non-hydrogen) atoms. The van der Waals surface area contributed by atoms with E-state index in [4.69, 9.17) is 4.74 Å². The highest BCUT2D eigenvalue weighted by Gasteiger charge is 2.15. The molecule has 0 unspecified atom stereocenters. The minimum atomic E-state index is -0.492. The topological polar surface area (TPSA) is 93.4 Å². The number of carbonyl (C=O) groups is 1. The molecule has 2 N–H and O–H groups in total. The van der Waals surface area contributed by atoms with E-state index < -0.39 is 11.7 Å². The molecule has 8 heteroatoms. The van der Waals surface area contributed by atoms with Gasteiger partial charge in [0.1, 0.15) is 11.4 Å². The Morgan fingerprint density at radius 1 is 1.19 bits per heavy atom. The van der Waals surface area contributed by atoms with Gasteiger partial charge in [0.15, 0.2) is 5.82 Å². The van der Waals surface area contributed by atoms with Crippen LogP contribution in [0.4, 0.5) is 10.6 Å². The highest BCUT2D eigenvalue weighted by molar-refractivity contribution is 5.82. The molecule has 3 aromatic rings. The molecule has 0 spiro atoms. The number of para-hydroxylation sites is 2. The van der Waals surface area contributed by atoms with E-state index in [1.807, 2.05) is 56.4 Å². The number of aromatic nitrogens is 4. The van der Waals surface area contributed by atoms with Crippen molar-refractivity contribution >= 4 is 28.6 Å². The predicted octanol–water partition coefficient (Wildman–Crippen LogP) is 2.91. The van der Waals surface area contributed by atoms with Crippen molar-refractivity contribution in [2.24, 2.45) is 0 Å². The van der Waals surface area contributed by atoms with Crippen LogP contribution < -0.4 is 10.6 Å². The second-order valence-electron chi connectivity index (χ2n) is 7.06. The van der Waals surface area contributed by atoms with Crippen LogP contribution in [0.3, 0.4) is 0 Å². The van der Waals surface area contributed by atoms with E-state index in [9.17, 15) is 4.79 Å². The van der Waals surface area contributed by atoms with Gasteiger partial charge >= 0.3 is 6.09 Å². The van der Waals surface area contributed by atoms with Gasteiger partial charge in [-0.3, -0.25) is 4.40 Å². The normalized spacial score (nSPS) is 11.7. The second-order valence-corrected chi connectivity index (χ2v) is 7.06. The number of alkyl carbamates (subject to hydrolysis) is 1. The lowest BCUT2D eigenvalue weighted by Gasteiger charge is -2.19. The molecular formula is C18H24N6O2. The number of amides is 1. The Morgan fingerprint density at radius 2 is 1.96 bits per heavy atom. The van der Waals surface area contributed by atoms with E-state index in [0.29, 0.717) is 24.6 Å². The largest absolute Gasteiger partial charge is 0.444 e. The lowest BCUT2D eigenvalue weighted by Crippen LogP contribution is -2.33. The van der Waals surface area contributed by atoms with E-state index in [1.54, 1.807) is 0 Å². The summed E-state index contributed by atoms with van der Waals surface area (Å²) in [5.74, 6) is 1.50. The minimum Gasteiger partial charge on any atom is -0.444 e. The van der Waals surface area contributed by atoms with E-state index in [1.165, 1.54) is 0 Å². The molecule has 3 rings (SSSR count). The smallest absolute Gasteiger partial charge is 0.407 e. The number of hydrogen-bond donors (Lipinski definition) is 2. The van der Waals surface area contributed by atoms with Crippen LogP contribution in [-0.2, 0) is 4.74 Å². The summed E-state index contributed by atoms with van der Waals surface area (Å²) >= 11 is 0. The summed E-state index contributed by atoms with van der Waals surface area (Å²) in [6.45, 7) is 8.59. The number of nitrogens with one attached hydrogen (secondary N) is 2. The van der Waals surface area contributed by atoms with Crippen LogP contribution in [0.5, 0.6) is 0 Å². The summed E-state index contributed by atoms with van der Waals surface area (Å²) < 4.78 is 7.20. The zero-order valence-electron chi connectivity index (χ0n) is 15.5. The summed E-state index contributed by atoms with van der Waals surface area (Å²) in [7, 11) is 0. The van der Waals surface area contributed by atoms with E-state index in [0.717, 1.165) is 23.3 Å². The SMILES string of the molecule is Cc1nnc2c(NCCCNC(=O)OC(C)(C)C)nc3ccccc3n12. The van der Waals surface area contributed by atoms with E-state index in [2.05, 4.69) is 25.8 Å². The highest BCUT2D eigenvalue weighted by atomic mass is 16.6. The molecule has 2 heterocycles. The molecule has 2 aromatic heterocycles. The third kappa shape index (κ3) is 4.01. The number of benzene rings is 1. The monoisotopic (exact) mass is 356 g/mol. The van der Waals surface area contributed by atoms with Gasteiger partial charge in [-0.15, -0.1) is 10.2 Å². The van der Waals surface area contributed by atoms with Crippen molar-refractivity contribution in [1.29, 1.82) is 0 Å². The number of ether oxygens (including phenoxy) is 1. The molecule has 0 saturated heterocycles. The van der Waals surface area contributed by atoms with Crippen molar-refractivity contribution < 1.29 is 9.53 Å². The Kier molecular flexibility index (Phi) is 4.92. The predicted molar refractivity (Wildman–Crippen MR) is 100 cm³/mol. The Bertz CT molecular complexity index is 928. The number of carbonyl (C=O) groups excluding carboxylic acids is 1. The molecule has 8 nitrogen and oxygen atoms in total. The molecular weight excluding hydrogens is 332 g/mol. The fraction of sp³-hybridized carbons (Fsp3) is 0.444. The number of rotatable bonds is 5. The Labute approximate surface area is 152 Å². The Balaban J connectivity index is 1.63. The highest BCUT2D eigenvalue weighted by Crippen LogP contribution is 2.21. The van der Waals surface area contributed by atoms with Crippen LogP contribution in [0.25, 0.3) is 16.7 Å². The molecule has 0 aliphatic heterocycles. The van der Waals surface area contributed by atoms with Gasteiger partial charge < -0.3 is 15.4 Å². The van der Waals surface area contributed by atoms with Crippen LogP contribution >= 0.6 is 0 Å². The summed E-state index contributed by atoms with van der Waals surface area (Å²) in [4.78, 5) is 16.3. The Hall–Kier alpha value is -2.90. The zero-order chi connectivity index (χ0) is 18.7. The fourth-order valence-corrected chi connectivity index (χ4v) is 2.64. The average Bonchev–Trinajstić information content (AvgIpc) is 2.95. The van der Waals surface area contributed by atoms with Crippen LogP contribution in [-0.4, -0.2) is 44.4 Å². The standard InChI is InChI=1S/C18H24N6O2/c1-12-22-23-16-15(21-13-8-5-6-9-14(13)24(12)16)19-10-7-11-20-17(25)26-18(2,3)4/h5-6,8-9H,7,10-11H2,1-4H3,(H,19,21)(H,20,25). The summed E-state index contributed by atoms with van der Waals surface area (Å²) in [6, 6.07) is 7.89. The summed E-state index contributed by atoms with van der Waals surface area (Å²) in [5, 5.41) is 14.4. The van der Waals surface area contributed by atoms with Crippen LogP contribution in [0.1, 0.15) is 33.0 Å². The van der Waals surface area contributed by atoms with Crippen molar-refractivity contribution in [2.45, 2.75) is 39.7 Å². The quantitative estimate of drug-likeness (QED) is 0.683. The van der Waals surface area contributed by atoms with Crippen LogP contribution in [0.2, 0.25) is 0 Å². The first-order chi connectivity index (χ1) is 12.3. The van der Waals surface area contributed by atoms with Crippen molar-refractivity contribution in [2.75, 3.05) is 18.4 Å². The third-order valence-corrected chi connectivity index (χ3v) is 3.71. The lowest BCUT2D eigenvalue weighted by atomic mass is 10.2. The van der Waals surface area contributed by atoms with Gasteiger partial charge in [-0.25, -0.2) is 9.78 Å². The maximum absolute atomic E-state index is 11.6. The van der Waals surface area contributed by atoms with E-state index in [-0.39, 0.29) is 0 Å². The van der Waals surface area contributed by atoms with Gasteiger partial charge in [0.2, 0.25) is 5.65 Å². The molecule has 138 valence electrons. The molecule has 0 aliphatic carbocycles. The maximum atomic E-state index is 11.6. The van der Waals surface area contributed by atoms with Gasteiger partial charge in [0, 0.05) is 13.1 Å². The third-order valence-electron chi connectivity index (χ3n) is 3.71. The summed E-state index contributed by atoms with van der Waals surface area (Å²) in [5.41, 5.74) is 2.05. The zero-order valence-corrected chi connectivity index (χ0v) is 15.5. The van der Waals surface area contributed by atoms with Gasteiger partial charge in [-0.2, -0.15) is 0 Å². The number of anilines is 1. The first-order valence-electron chi connectivity index (χ1n) is 8.66. The maximum Gasteiger partial charge on any atom is 0.407 e. The molecule has 0 saturated carbocycles. The van der Waals surface area contributed by atoms with Gasteiger partial charge in [0.25, 0.3) is 0 Å². The van der Waals surface area contributed by atoms with Crippen molar-refractivity contribution in [3.05, 3.63) is 30.1 Å². The van der Waals surface area contributed by atoms with Gasteiger partial charge in [-0.1, -0.05) is 12.1 Å². The number of aryl methyl sites for hydroxylation is 1. The molecule has 0 bridgehead atoms. The van der Waals surface area contributed by atoms with Crippen molar-refractivity contribution in [3.63, 3.8) is 0 Å². The Morgan fingerprint density at radius 3 is 2.73 bits per heavy atom. The second kappa shape index (κ2) is 7.15. The number of nitrogens with zero attached hydrogens (tertiary/aromatic N) is 4. The molecule has 1 amide bonds. The summed E-state index contributed by atoms with van der Waals surface area (Å²) in [6.07, 6.45) is 0.323.